The lowest BCUT2D eigenvalue weighted by Gasteiger charge is -2.09. The van der Waals surface area contributed by atoms with Gasteiger partial charge in [-0.05, 0) is 24.1 Å². The highest BCUT2D eigenvalue weighted by atomic mass is 79.9. The van der Waals surface area contributed by atoms with Crippen LogP contribution in [-0.4, -0.2) is 18.3 Å². The van der Waals surface area contributed by atoms with Gasteiger partial charge in [-0.15, -0.1) is 11.6 Å². The lowest BCUT2D eigenvalue weighted by Crippen LogP contribution is -2.28. The van der Waals surface area contributed by atoms with Crippen molar-refractivity contribution < 1.29 is 4.79 Å². The van der Waals surface area contributed by atoms with Crippen LogP contribution in [0.5, 0.6) is 0 Å². The van der Waals surface area contributed by atoms with Crippen LogP contribution in [0.1, 0.15) is 17.3 Å². The topological polar surface area (TPSA) is 29.1 Å². The zero-order valence-electron chi connectivity index (χ0n) is 8.77. The lowest BCUT2D eigenvalue weighted by molar-refractivity contribution is 0.0949. The van der Waals surface area contributed by atoms with Crippen molar-refractivity contribution in [2.75, 3.05) is 12.4 Å². The second-order valence-corrected chi connectivity index (χ2v) is 5.77. The molecule has 0 bridgehead atoms. The number of rotatable bonds is 4. The maximum Gasteiger partial charge on any atom is 0.251 e. The molecular weight excluding hydrogens is 357 g/mol. The van der Waals surface area contributed by atoms with E-state index in [4.69, 9.17) is 11.6 Å². The fourth-order valence-electron chi connectivity index (χ4n) is 1.11. The predicted octanol–water partition coefficient (Wildman–Crippen LogP) is 3.82. The number of amides is 1. The fraction of sp³-hybridized carbons (Fsp3) is 0.364. The lowest BCUT2D eigenvalue weighted by atomic mass is 10.2. The van der Waals surface area contributed by atoms with Gasteiger partial charge in [0.1, 0.15) is 0 Å². The minimum Gasteiger partial charge on any atom is -0.352 e. The molecule has 1 aromatic rings. The van der Waals surface area contributed by atoms with Crippen molar-refractivity contribution in [3.8, 4) is 0 Å². The van der Waals surface area contributed by atoms with Gasteiger partial charge in [-0.2, -0.15) is 0 Å². The van der Waals surface area contributed by atoms with Crippen molar-refractivity contribution in [1.82, 2.24) is 5.32 Å². The molecule has 0 saturated heterocycles. The Morgan fingerprint density at radius 1 is 1.38 bits per heavy atom. The zero-order chi connectivity index (χ0) is 12.1. The summed E-state index contributed by atoms with van der Waals surface area (Å²) in [4.78, 5) is 11.8. The SMILES string of the molecule is CC(CCl)CNC(=O)c1cc(Br)cc(Br)c1. The summed E-state index contributed by atoms with van der Waals surface area (Å²) in [5.74, 6) is 0.739. The smallest absolute Gasteiger partial charge is 0.251 e. The first kappa shape index (κ1) is 14.0. The van der Waals surface area contributed by atoms with E-state index >= 15 is 0 Å². The molecule has 0 heterocycles. The van der Waals surface area contributed by atoms with Crippen LogP contribution in [-0.2, 0) is 0 Å². The number of carbonyl (C=O) groups is 1. The zero-order valence-corrected chi connectivity index (χ0v) is 12.7. The average Bonchev–Trinajstić information content (AvgIpc) is 2.23. The molecular formula is C11H12Br2ClNO. The van der Waals surface area contributed by atoms with Gasteiger partial charge in [0.05, 0.1) is 0 Å². The molecule has 0 saturated carbocycles. The number of alkyl halides is 1. The quantitative estimate of drug-likeness (QED) is 0.804. The molecule has 1 rings (SSSR count). The molecule has 88 valence electrons. The first-order chi connectivity index (χ1) is 7.52. The van der Waals surface area contributed by atoms with Gasteiger partial charge in [0.15, 0.2) is 0 Å². The van der Waals surface area contributed by atoms with Gasteiger partial charge in [-0.25, -0.2) is 0 Å². The molecule has 1 amide bonds. The third-order valence-corrected chi connectivity index (χ3v) is 3.44. The van der Waals surface area contributed by atoms with Gasteiger partial charge in [0, 0.05) is 26.9 Å². The Morgan fingerprint density at radius 3 is 2.44 bits per heavy atom. The summed E-state index contributed by atoms with van der Waals surface area (Å²) in [5.41, 5.74) is 0.628. The second kappa shape index (κ2) is 6.62. The second-order valence-electron chi connectivity index (χ2n) is 3.63. The minimum atomic E-state index is -0.0843. The third kappa shape index (κ3) is 4.44. The van der Waals surface area contributed by atoms with Crippen molar-refractivity contribution in [2.45, 2.75) is 6.92 Å². The van der Waals surface area contributed by atoms with E-state index in [1.807, 2.05) is 13.0 Å². The van der Waals surface area contributed by atoms with Crippen LogP contribution >= 0.6 is 43.5 Å². The van der Waals surface area contributed by atoms with Crippen molar-refractivity contribution in [3.05, 3.63) is 32.7 Å². The molecule has 1 unspecified atom stereocenters. The standard InChI is InChI=1S/C11H12Br2ClNO/c1-7(5-14)6-15-11(16)8-2-9(12)4-10(13)3-8/h2-4,7H,5-6H2,1H3,(H,15,16). The van der Waals surface area contributed by atoms with E-state index in [1.165, 1.54) is 0 Å². The number of carbonyl (C=O) groups excluding carboxylic acids is 1. The highest BCUT2D eigenvalue weighted by molar-refractivity contribution is 9.11. The van der Waals surface area contributed by atoms with Crippen molar-refractivity contribution in [2.24, 2.45) is 5.92 Å². The Hall–Kier alpha value is -0.0600. The molecule has 16 heavy (non-hydrogen) atoms. The van der Waals surface area contributed by atoms with Crippen molar-refractivity contribution >= 4 is 49.4 Å². The number of benzene rings is 1. The van der Waals surface area contributed by atoms with E-state index in [1.54, 1.807) is 12.1 Å². The molecule has 0 aliphatic rings. The highest BCUT2D eigenvalue weighted by Crippen LogP contribution is 2.20. The van der Waals surface area contributed by atoms with E-state index in [2.05, 4.69) is 37.2 Å². The molecule has 0 aliphatic carbocycles. The van der Waals surface area contributed by atoms with E-state index in [9.17, 15) is 4.79 Å². The monoisotopic (exact) mass is 367 g/mol. The molecule has 0 fully saturated rings. The van der Waals surface area contributed by atoms with Gasteiger partial charge in [-0.1, -0.05) is 38.8 Å². The predicted molar refractivity (Wildman–Crippen MR) is 74.1 cm³/mol. The van der Waals surface area contributed by atoms with Crippen LogP contribution < -0.4 is 5.32 Å². The Morgan fingerprint density at radius 2 is 1.94 bits per heavy atom. The molecule has 5 heteroatoms. The molecule has 0 spiro atoms. The average molecular weight is 369 g/mol. The summed E-state index contributed by atoms with van der Waals surface area (Å²) >= 11 is 12.4. The third-order valence-electron chi connectivity index (χ3n) is 2.00. The van der Waals surface area contributed by atoms with Gasteiger partial charge >= 0.3 is 0 Å². The van der Waals surface area contributed by atoms with E-state index < -0.39 is 0 Å². The maximum atomic E-state index is 11.8. The Balaban J connectivity index is 2.66. The van der Waals surface area contributed by atoms with Gasteiger partial charge < -0.3 is 5.32 Å². The molecule has 1 N–H and O–H groups in total. The minimum absolute atomic E-state index is 0.0843. The molecule has 0 aliphatic heterocycles. The van der Waals surface area contributed by atoms with Gasteiger partial charge in [0.25, 0.3) is 5.91 Å². The van der Waals surface area contributed by atoms with E-state index in [0.29, 0.717) is 18.0 Å². The maximum absolute atomic E-state index is 11.8. The Labute approximate surface area is 117 Å². The highest BCUT2D eigenvalue weighted by Gasteiger charge is 2.08. The Bertz CT molecular complexity index is 364. The van der Waals surface area contributed by atoms with E-state index in [0.717, 1.165) is 8.95 Å². The molecule has 1 atom stereocenters. The van der Waals surface area contributed by atoms with Crippen LogP contribution in [0.25, 0.3) is 0 Å². The summed E-state index contributed by atoms with van der Waals surface area (Å²) in [6.07, 6.45) is 0. The number of halogens is 3. The van der Waals surface area contributed by atoms with Crippen molar-refractivity contribution in [3.63, 3.8) is 0 Å². The summed E-state index contributed by atoms with van der Waals surface area (Å²) in [5, 5.41) is 2.84. The van der Waals surface area contributed by atoms with Gasteiger partial charge in [-0.3, -0.25) is 4.79 Å². The molecule has 2 nitrogen and oxygen atoms in total. The first-order valence-electron chi connectivity index (χ1n) is 4.83. The Kier molecular flexibility index (Phi) is 5.79. The molecule has 0 aromatic heterocycles. The first-order valence-corrected chi connectivity index (χ1v) is 6.95. The summed E-state index contributed by atoms with van der Waals surface area (Å²) in [6, 6.07) is 5.45. The van der Waals surface area contributed by atoms with Crippen LogP contribution in [0.15, 0.2) is 27.1 Å². The normalized spacial score (nSPS) is 12.2. The van der Waals surface area contributed by atoms with E-state index in [-0.39, 0.29) is 11.8 Å². The van der Waals surface area contributed by atoms with Crippen LogP contribution in [0.2, 0.25) is 0 Å². The van der Waals surface area contributed by atoms with Gasteiger partial charge in [0.2, 0.25) is 0 Å². The number of nitrogens with one attached hydrogen (secondary N) is 1. The summed E-state index contributed by atoms with van der Waals surface area (Å²) in [7, 11) is 0. The number of hydrogen-bond donors (Lipinski definition) is 1. The van der Waals surface area contributed by atoms with Crippen LogP contribution in [0, 0.1) is 5.92 Å². The van der Waals surface area contributed by atoms with Crippen molar-refractivity contribution in [1.29, 1.82) is 0 Å². The number of hydrogen-bond acceptors (Lipinski definition) is 1. The van der Waals surface area contributed by atoms with Crippen LogP contribution in [0.4, 0.5) is 0 Å². The fourth-order valence-corrected chi connectivity index (χ4v) is 2.51. The summed E-state index contributed by atoms with van der Waals surface area (Å²) in [6.45, 7) is 2.58. The molecule has 1 aromatic carbocycles. The molecule has 0 radical (unpaired) electrons. The largest absolute Gasteiger partial charge is 0.352 e. The summed E-state index contributed by atoms with van der Waals surface area (Å²) < 4.78 is 1.75. The van der Waals surface area contributed by atoms with Crippen LogP contribution in [0.3, 0.4) is 0 Å².